The molecule has 0 aromatic heterocycles. The number of hydrogen-bond donors (Lipinski definition) is 0. The van der Waals surface area contributed by atoms with Crippen LogP contribution in [0.2, 0.25) is 0 Å². The zero-order chi connectivity index (χ0) is 10.2. The lowest BCUT2D eigenvalue weighted by molar-refractivity contribution is 0.844. The van der Waals surface area contributed by atoms with E-state index in [1.54, 1.807) is 0 Å². The molecule has 0 fully saturated rings. The Kier molecular flexibility index (Phi) is 5.03. The molecule has 72 valence electrons. The second-order valence-corrected chi connectivity index (χ2v) is 3.59. The van der Waals surface area contributed by atoms with E-state index in [0.717, 1.165) is 24.8 Å². The molecule has 0 saturated heterocycles. The molecular weight excluding hydrogens is 238 g/mol. The summed E-state index contributed by atoms with van der Waals surface area (Å²) in [5.41, 5.74) is 2.03. The lowest BCUT2D eigenvalue weighted by Crippen LogP contribution is -1.84. The molecule has 14 heavy (non-hydrogen) atoms. The molecule has 0 unspecified atom stereocenters. The Morgan fingerprint density at radius 1 is 1.29 bits per heavy atom. The summed E-state index contributed by atoms with van der Waals surface area (Å²) in [6.45, 7) is 0. The second kappa shape index (κ2) is 6.39. The standard InChI is InChI=1S/C12H12BrN/c13-9-3-1-2-4-11-5-7-12(10-14)8-6-11/h3,5-9H,1-2,4H2/b9-3+. The minimum absolute atomic E-state index is 0.731. The fourth-order valence-electron chi connectivity index (χ4n) is 1.23. The summed E-state index contributed by atoms with van der Waals surface area (Å²) in [6, 6.07) is 9.90. The monoisotopic (exact) mass is 249 g/mol. The van der Waals surface area contributed by atoms with Crippen LogP contribution in [0.1, 0.15) is 24.0 Å². The molecule has 1 rings (SSSR count). The third kappa shape index (κ3) is 3.76. The summed E-state index contributed by atoms with van der Waals surface area (Å²) in [4.78, 5) is 1.89. The number of rotatable bonds is 4. The van der Waals surface area contributed by atoms with Gasteiger partial charge in [0.2, 0.25) is 0 Å². The van der Waals surface area contributed by atoms with Gasteiger partial charge in [-0.05, 0) is 41.9 Å². The highest BCUT2D eigenvalue weighted by atomic mass is 79.9. The van der Waals surface area contributed by atoms with Crippen LogP contribution in [-0.2, 0) is 6.42 Å². The van der Waals surface area contributed by atoms with Crippen molar-refractivity contribution in [2.75, 3.05) is 0 Å². The lowest BCUT2D eigenvalue weighted by atomic mass is 10.1. The molecule has 1 aromatic carbocycles. The van der Waals surface area contributed by atoms with Crippen LogP contribution in [0, 0.1) is 11.3 Å². The van der Waals surface area contributed by atoms with Crippen LogP contribution < -0.4 is 0 Å². The minimum atomic E-state index is 0.731. The van der Waals surface area contributed by atoms with Crippen molar-refractivity contribution in [2.24, 2.45) is 0 Å². The average molecular weight is 250 g/mol. The zero-order valence-corrected chi connectivity index (χ0v) is 9.50. The molecule has 0 saturated carbocycles. The third-order valence-electron chi connectivity index (χ3n) is 2.01. The molecule has 1 nitrogen and oxygen atoms in total. The van der Waals surface area contributed by atoms with Gasteiger partial charge in [-0.2, -0.15) is 5.26 Å². The van der Waals surface area contributed by atoms with Gasteiger partial charge in [-0.1, -0.05) is 34.1 Å². The summed E-state index contributed by atoms with van der Waals surface area (Å²) >= 11 is 3.24. The predicted molar refractivity (Wildman–Crippen MR) is 62.2 cm³/mol. The van der Waals surface area contributed by atoms with Crippen molar-refractivity contribution < 1.29 is 0 Å². The number of hydrogen-bond acceptors (Lipinski definition) is 1. The molecule has 1 aromatic rings. The smallest absolute Gasteiger partial charge is 0.0991 e. The first-order chi connectivity index (χ1) is 6.86. The van der Waals surface area contributed by atoms with Crippen molar-refractivity contribution in [3.8, 4) is 6.07 Å². The highest BCUT2D eigenvalue weighted by Gasteiger charge is 1.93. The quantitative estimate of drug-likeness (QED) is 0.746. The Labute approximate surface area is 93.2 Å². The number of nitrogens with zero attached hydrogens (tertiary/aromatic N) is 1. The number of nitriles is 1. The van der Waals surface area contributed by atoms with E-state index < -0.39 is 0 Å². The molecule has 0 bridgehead atoms. The van der Waals surface area contributed by atoms with Gasteiger partial charge in [-0.3, -0.25) is 0 Å². The van der Waals surface area contributed by atoms with Gasteiger partial charge in [0.05, 0.1) is 11.6 Å². The molecule has 0 spiro atoms. The molecule has 0 aliphatic carbocycles. The fourth-order valence-corrected chi connectivity index (χ4v) is 1.50. The first-order valence-electron chi connectivity index (χ1n) is 4.61. The van der Waals surface area contributed by atoms with Crippen LogP contribution in [0.4, 0.5) is 0 Å². The Bertz CT molecular complexity index is 332. The van der Waals surface area contributed by atoms with E-state index in [1.165, 1.54) is 5.56 Å². The summed E-state index contributed by atoms with van der Waals surface area (Å²) < 4.78 is 0. The summed E-state index contributed by atoms with van der Waals surface area (Å²) in [6.07, 6.45) is 5.41. The van der Waals surface area contributed by atoms with Crippen LogP contribution >= 0.6 is 15.9 Å². The maximum atomic E-state index is 8.61. The molecule has 2 heteroatoms. The van der Waals surface area contributed by atoms with E-state index in [-0.39, 0.29) is 0 Å². The Hall–Kier alpha value is -1.07. The van der Waals surface area contributed by atoms with E-state index in [1.807, 2.05) is 29.3 Å². The van der Waals surface area contributed by atoms with Gasteiger partial charge in [0.15, 0.2) is 0 Å². The van der Waals surface area contributed by atoms with Crippen molar-refractivity contribution in [1.82, 2.24) is 0 Å². The average Bonchev–Trinajstić information content (AvgIpc) is 2.25. The van der Waals surface area contributed by atoms with Gasteiger partial charge in [0.1, 0.15) is 0 Å². The van der Waals surface area contributed by atoms with Crippen molar-refractivity contribution in [2.45, 2.75) is 19.3 Å². The van der Waals surface area contributed by atoms with Crippen LogP contribution in [0.5, 0.6) is 0 Å². The predicted octanol–water partition coefficient (Wildman–Crippen LogP) is 3.79. The Morgan fingerprint density at radius 2 is 2.00 bits per heavy atom. The molecule has 0 atom stereocenters. The summed E-state index contributed by atoms with van der Waals surface area (Å²) in [5, 5.41) is 8.61. The van der Waals surface area contributed by atoms with Gasteiger partial charge in [0, 0.05) is 0 Å². The van der Waals surface area contributed by atoms with E-state index in [2.05, 4.69) is 28.1 Å². The maximum Gasteiger partial charge on any atom is 0.0991 e. The first-order valence-corrected chi connectivity index (χ1v) is 5.52. The number of allylic oxidation sites excluding steroid dienone is 1. The second-order valence-electron chi connectivity index (χ2n) is 3.06. The van der Waals surface area contributed by atoms with Crippen LogP contribution in [-0.4, -0.2) is 0 Å². The Morgan fingerprint density at radius 3 is 2.57 bits per heavy atom. The van der Waals surface area contributed by atoms with Gasteiger partial charge < -0.3 is 0 Å². The molecule has 0 heterocycles. The van der Waals surface area contributed by atoms with E-state index in [0.29, 0.717) is 0 Å². The van der Waals surface area contributed by atoms with Gasteiger partial charge >= 0.3 is 0 Å². The largest absolute Gasteiger partial charge is 0.192 e. The highest BCUT2D eigenvalue weighted by Crippen LogP contribution is 2.07. The van der Waals surface area contributed by atoms with Gasteiger partial charge in [-0.25, -0.2) is 0 Å². The third-order valence-corrected chi connectivity index (χ3v) is 2.38. The maximum absolute atomic E-state index is 8.61. The highest BCUT2D eigenvalue weighted by molar-refractivity contribution is 9.11. The Balaban J connectivity index is 2.41. The first kappa shape index (κ1) is 11.0. The zero-order valence-electron chi connectivity index (χ0n) is 7.91. The lowest BCUT2D eigenvalue weighted by Gasteiger charge is -1.98. The molecule has 0 aliphatic heterocycles. The fraction of sp³-hybridized carbons (Fsp3) is 0.250. The minimum Gasteiger partial charge on any atom is -0.192 e. The molecular formula is C12H12BrN. The number of aryl methyl sites for hydroxylation is 1. The van der Waals surface area contributed by atoms with Crippen LogP contribution in [0.15, 0.2) is 35.3 Å². The van der Waals surface area contributed by atoms with E-state index >= 15 is 0 Å². The van der Waals surface area contributed by atoms with Gasteiger partial charge in [-0.15, -0.1) is 0 Å². The van der Waals surface area contributed by atoms with Crippen molar-refractivity contribution in [3.63, 3.8) is 0 Å². The van der Waals surface area contributed by atoms with Crippen molar-refractivity contribution in [3.05, 3.63) is 46.5 Å². The SMILES string of the molecule is N#Cc1ccc(CCC/C=C/Br)cc1. The van der Waals surface area contributed by atoms with Crippen LogP contribution in [0.3, 0.4) is 0 Å². The molecule has 0 radical (unpaired) electrons. The van der Waals surface area contributed by atoms with E-state index in [4.69, 9.17) is 5.26 Å². The molecule has 0 amide bonds. The molecule has 0 aliphatic rings. The number of unbranched alkanes of at least 4 members (excludes halogenated alkanes) is 1. The van der Waals surface area contributed by atoms with Crippen LogP contribution in [0.25, 0.3) is 0 Å². The van der Waals surface area contributed by atoms with E-state index in [9.17, 15) is 0 Å². The summed E-state index contributed by atoms with van der Waals surface area (Å²) in [5.74, 6) is 0. The van der Waals surface area contributed by atoms with Crippen molar-refractivity contribution >= 4 is 15.9 Å². The van der Waals surface area contributed by atoms with Gasteiger partial charge in [0.25, 0.3) is 0 Å². The molecule has 0 N–H and O–H groups in total. The topological polar surface area (TPSA) is 23.8 Å². The summed E-state index contributed by atoms with van der Waals surface area (Å²) in [7, 11) is 0. The number of halogens is 1. The number of benzene rings is 1. The van der Waals surface area contributed by atoms with Crippen molar-refractivity contribution in [1.29, 1.82) is 5.26 Å². The normalized spacial score (nSPS) is 10.3.